The second-order valence-corrected chi connectivity index (χ2v) is 6.87. The van der Waals surface area contributed by atoms with Gasteiger partial charge < -0.3 is 5.73 Å². The Kier molecular flexibility index (Phi) is 5.25. The molecule has 0 unspecified atom stereocenters. The lowest BCUT2D eigenvalue weighted by molar-refractivity contribution is 0.147. The van der Waals surface area contributed by atoms with Crippen LogP contribution < -0.4 is 5.73 Å². The van der Waals surface area contributed by atoms with E-state index in [2.05, 4.69) is 32.1 Å². The van der Waals surface area contributed by atoms with E-state index in [9.17, 15) is 0 Å². The number of hydrogen-bond acceptors (Lipinski definition) is 2. The van der Waals surface area contributed by atoms with Crippen LogP contribution in [0.1, 0.15) is 63.3 Å². The van der Waals surface area contributed by atoms with Crippen molar-refractivity contribution in [3.05, 3.63) is 17.5 Å². The first-order valence-electron chi connectivity index (χ1n) is 8.28. The first-order valence-corrected chi connectivity index (χ1v) is 8.28. The van der Waals surface area contributed by atoms with Crippen LogP contribution in [0.2, 0.25) is 0 Å². The third-order valence-corrected chi connectivity index (χ3v) is 5.22. The van der Waals surface area contributed by atoms with E-state index in [1.807, 2.05) is 4.68 Å². The Balaban J connectivity index is 1.96. The van der Waals surface area contributed by atoms with Crippen molar-refractivity contribution in [2.45, 2.75) is 65.2 Å². The second-order valence-electron chi connectivity index (χ2n) is 6.87. The van der Waals surface area contributed by atoms with Gasteiger partial charge in [0.1, 0.15) is 0 Å². The van der Waals surface area contributed by atoms with Crippen molar-refractivity contribution in [2.75, 3.05) is 6.54 Å². The van der Waals surface area contributed by atoms with Crippen LogP contribution >= 0.6 is 0 Å². The predicted octanol–water partition coefficient (Wildman–Crippen LogP) is 3.60. The summed E-state index contributed by atoms with van der Waals surface area (Å²) in [5.41, 5.74) is 8.95. The molecule has 20 heavy (non-hydrogen) atoms. The molecule has 1 aromatic heterocycles. The number of aryl methyl sites for hydroxylation is 2. The Morgan fingerprint density at radius 3 is 2.60 bits per heavy atom. The average Bonchev–Trinajstić information content (AvgIpc) is 2.76. The molecule has 0 atom stereocenters. The van der Waals surface area contributed by atoms with Crippen molar-refractivity contribution < 1.29 is 0 Å². The lowest BCUT2D eigenvalue weighted by Gasteiger charge is -2.39. The van der Waals surface area contributed by atoms with Gasteiger partial charge >= 0.3 is 0 Å². The molecule has 1 aliphatic rings. The highest BCUT2D eigenvalue weighted by molar-refractivity contribution is 5.11. The average molecular weight is 277 g/mol. The molecular weight excluding hydrogens is 246 g/mol. The largest absolute Gasteiger partial charge is 0.330 e. The summed E-state index contributed by atoms with van der Waals surface area (Å²) in [7, 11) is 2.05. The molecule has 3 nitrogen and oxygen atoms in total. The van der Waals surface area contributed by atoms with Crippen LogP contribution in [-0.2, 0) is 13.5 Å². The van der Waals surface area contributed by atoms with Gasteiger partial charge in [0.05, 0.1) is 5.69 Å². The molecule has 0 amide bonds. The van der Waals surface area contributed by atoms with Crippen molar-refractivity contribution >= 4 is 0 Å². The summed E-state index contributed by atoms with van der Waals surface area (Å²) >= 11 is 0. The maximum absolute atomic E-state index is 6.16. The van der Waals surface area contributed by atoms with Crippen LogP contribution in [0.4, 0.5) is 0 Å². The molecular formula is C17H31N3. The van der Waals surface area contributed by atoms with Crippen molar-refractivity contribution in [1.82, 2.24) is 9.78 Å². The first-order chi connectivity index (χ1) is 9.58. The van der Waals surface area contributed by atoms with Crippen molar-refractivity contribution in [2.24, 2.45) is 24.1 Å². The lowest BCUT2D eigenvalue weighted by atomic mass is 9.67. The van der Waals surface area contributed by atoms with Crippen molar-refractivity contribution in [3.8, 4) is 0 Å². The minimum absolute atomic E-state index is 0.322. The zero-order chi connectivity index (χ0) is 14.6. The van der Waals surface area contributed by atoms with Crippen LogP contribution in [-0.4, -0.2) is 16.3 Å². The van der Waals surface area contributed by atoms with E-state index in [0.29, 0.717) is 5.41 Å². The van der Waals surface area contributed by atoms with Gasteiger partial charge in [0.2, 0.25) is 0 Å². The Labute approximate surface area is 123 Å². The molecule has 0 bridgehead atoms. The summed E-state index contributed by atoms with van der Waals surface area (Å²) in [6.07, 6.45) is 10.6. The van der Waals surface area contributed by atoms with E-state index in [1.54, 1.807) is 0 Å². The fourth-order valence-corrected chi connectivity index (χ4v) is 3.74. The van der Waals surface area contributed by atoms with E-state index in [4.69, 9.17) is 5.73 Å². The second kappa shape index (κ2) is 6.75. The predicted molar refractivity (Wildman–Crippen MR) is 84.6 cm³/mol. The van der Waals surface area contributed by atoms with Crippen LogP contribution in [0.25, 0.3) is 0 Å². The van der Waals surface area contributed by atoms with E-state index < -0.39 is 0 Å². The number of nitrogens with two attached hydrogens (primary N) is 1. The topological polar surface area (TPSA) is 43.8 Å². The minimum atomic E-state index is 0.322. The Morgan fingerprint density at radius 1 is 1.40 bits per heavy atom. The summed E-state index contributed by atoms with van der Waals surface area (Å²) in [6, 6.07) is 2.22. The molecule has 114 valence electrons. The zero-order valence-corrected chi connectivity index (χ0v) is 13.5. The van der Waals surface area contributed by atoms with Gasteiger partial charge in [-0.1, -0.05) is 26.2 Å². The normalized spacial score (nSPS) is 26.9. The van der Waals surface area contributed by atoms with E-state index >= 15 is 0 Å². The Hall–Kier alpha value is -0.830. The van der Waals surface area contributed by atoms with E-state index in [0.717, 1.165) is 24.6 Å². The number of aromatic nitrogens is 2. The van der Waals surface area contributed by atoms with Gasteiger partial charge in [-0.05, 0) is 63.0 Å². The van der Waals surface area contributed by atoms with E-state index in [1.165, 1.54) is 50.6 Å². The monoisotopic (exact) mass is 277 g/mol. The fourth-order valence-electron chi connectivity index (χ4n) is 3.74. The number of nitrogens with zero attached hydrogens (tertiary/aromatic N) is 2. The Morgan fingerprint density at radius 2 is 2.10 bits per heavy atom. The fraction of sp³-hybridized carbons (Fsp3) is 0.824. The lowest BCUT2D eigenvalue weighted by Crippen LogP contribution is -2.37. The van der Waals surface area contributed by atoms with Crippen molar-refractivity contribution in [1.29, 1.82) is 0 Å². The van der Waals surface area contributed by atoms with E-state index in [-0.39, 0.29) is 0 Å². The summed E-state index contributed by atoms with van der Waals surface area (Å²) in [6.45, 7) is 5.18. The molecule has 1 aromatic rings. The maximum atomic E-state index is 6.16. The molecule has 0 spiro atoms. The molecule has 0 aromatic carbocycles. The van der Waals surface area contributed by atoms with Gasteiger partial charge in [0, 0.05) is 12.7 Å². The number of unbranched alkanes of at least 4 members (excludes halogenated alkanes) is 1. The van der Waals surface area contributed by atoms with Crippen LogP contribution in [0.3, 0.4) is 0 Å². The van der Waals surface area contributed by atoms with Gasteiger partial charge in [-0.3, -0.25) is 4.68 Å². The van der Waals surface area contributed by atoms with Gasteiger partial charge in [-0.2, -0.15) is 5.10 Å². The molecule has 1 saturated carbocycles. The zero-order valence-electron chi connectivity index (χ0n) is 13.5. The van der Waals surface area contributed by atoms with Gasteiger partial charge in [-0.25, -0.2) is 0 Å². The van der Waals surface area contributed by atoms with Crippen LogP contribution in [0.15, 0.2) is 6.07 Å². The maximum Gasteiger partial charge on any atom is 0.0596 e. The highest BCUT2D eigenvalue weighted by Crippen LogP contribution is 2.42. The van der Waals surface area contributed by atoms with Gasteiger partial charge in [-0.15, -0.1) is 0 Å². The third-order valence-electron chi connectivity index (χ3n) is 5.22. The number of rotatable bonds is 6. The van der Waals surface area contributed by atoms with Crippen LogP contribution in [0.5, 0.6) is 0 Å². The van der Waals surface area contributed by atoms with Crippen LogP contribution in [0, 0.1) is 18.3 Å². The minimum Gasteiger partial charge on any atom is -0.330 e. The van der Waals surface area contributed by atoms with Crippen molar-refractivity contribution in [3.63, 3.8) is 0 Å². The molecule has 0 radical (unpaired) electrons. The Bertz CT molecular complexity index is 414. The summed E-state index contributed by atoms with van der Waals surface area (Å²) in [4.78, 5) is 0. The molecule has 1 heterocycles. The highest BCUT2D eigenvalue weighted by atomic mass is 15.3. The quantitative estimate of drug-likeness (QED) is 0.863. The molecule has 2 N–H and O–H groups in total. The molecule has 0 saturated heterocycles. The smallest absolute Gasteiger partial charge is 0.0596 e. The van der Waals surface area contributed by atoms with Gasteiger partial charge in [0.25, 0.3) is 0 Å². The van der Waals surface area contributed by atoms with Gasteiger partial charge in [0.15, 0.2) is 0 Å². The molecule has 2 rings (SSSR count). The number of hydrogen-bond donors (Lipinski definition) is 1. The molecule has 1 aliphatic carbocycles. The summed E-state index contributed by atoms with van der Waals surface area (Å²) < 4.78 is 2.04. The highest BCUT2D eigenvalue weighted by Gasteiger charge is 2.34. The summed E-state index contributed by atoms with van der Waals surface area (Å²) in [5.74, 6) is 0.947. The summed E-state index contributed by atoms with van der Waals surface area (Å²) in [5, 5.41) is 4.47. The standard InChI is InChI=1S/C17H31N3/c1-4-5-6-15-7-9-17(13-18,10-8-15)12-16-11-14(2)19-20(16)3/h11,15H,4-10,12-13,18H2,1-3H3. The first kappa shape index (κ1) is 15.6. The SMILES string of the molecule is CCCCC1CCC(CN)(Cc2cc(C)nn2C)CC1. The molecule has 3 heteroatoms. The third kappa shape index (κ3) is 3.63. The molecule has 1 fully saturated rings. The molecule has 0 aliphatic heterocycles.